The third-order valence-electron chi connectivity index (χ3n) is 13.4. The third kappa shape index (κ3) is 5.70. The molecule has 0 radical (unpaired) electrons. The molecule has 2 nitrogen and oxygen atoms in total. The fourth-order valence-electron chi connectivity index (χ4n) is 10.3. The molecule has 2 aliphatic rings. The molecule has 0 atom stereocenters. The van der Waals surface area contributed by atoms with Crippen molar-refractivity contribution >= 4 is 88.5 Å². The molecule has 0 unspecified atom stereocenters. The Bertz CT molecular complexity index is 3430. The molecule has 0 aliphatic carbocycles. The van der Waals surface area contributed by atoms with E-state index in [0.29, 0.717) is 0 Å². The van der Waals surface area contributed by atoms with Crippen LogP contribution in [0.1, 0.15) is 37.5 Å². The number of anilines is 5. The lowest BCUT2D eigenvalue weighted by Crippen LogP contribution is -2.61. The highest BCUT2D eigenvalue weighted by atomic mass is 32.1. The maximum atomic E-state index is 2.66. The summed E-state index contributed by atoms with van der Waals surface area (Å²) in [5.74, 6) is 0. The van der Waals surface area contributed by atoms with Gasteiger partial charge in [-0.2, -0.15) is 0 Å². The van der Waals surface area contributed by atoms with Crippen LogP contribution in [0.25, 0.3) is 64.3 Å². The summed E-state index contributed by atoms with van der Waals surface area (Å²) in [6, 6.07) is 68.8. The molecular formula is C58H45BN2S. The Balaban J connectivity index is 1.22. The average molecular weight is 813 g/mol. The van der Waals surface area contributed by atoms with Crippen LogP contribution < -0.4 is 20.6 Å². The van der Waals surface area contributed by atoms with Crippen molar-refractivity contribution in [3.63, 3.8) is 0 Å². The number of fused-ring (bicyclic) bond motifs is 8. The average Bonchev–Trinajstić information content (AvgIpc) is 3.66. The summed E-state index contributed by atoms with van der Waals surface area (Å²) < 4.78 is 2.62. The van der Waals surface area contributed by atoms with E-state index in [-0.39, 0.29) is 12.3 Å². The van der Waals surface area contributed by atoms with Gasteiger partial charge >= 0.3 is 6.85 Å². The molecule has 1 aromatic heterocycles. The van der Waals surface area contributed by atoms with Crippen LogP contribution in [0.3, 0.4) is 0 Å². The smallest absolute Gasteiger partial charge is 0.333 e. The fourth-order valence-corrected chi connectivity index (χ4v) is 11.4. The zero-order chi connectivity index (χ0) is 41.9. The van der Waals surface area contributed by atoms with Crippen molar-refractivity contribution in [1.82, 2.24) is 0 Å². The quantitative estimate of drug-likeness (QED) is 0.163. The summed E-state index contributed by atoms with van der Waals surface area (Å²) in [5, 5.41) is 5.12. The first kappa shape index (κ1) is 36.9. The van der Waals surface area contributed by atoms with Gasteiger partial charge < -0.3 is 9.71 Å². The van der Waals surface area contributed by atoms with Gasteiger partial charge in [0.1, 0.15) is 0 Å². The first-order valence-corrected chi connectivity index (χ1v) is 22.6. The van der Waals surface area contributed by atoms with Gasteiger partial charge in [0.05, 0.1) is 0 Å². The Labute approximate surface area is 368 Å². The maximum absolute atomic E-state index is 2.66. The Kier molecular flexibility index (Phi) is 8.23. The van der Waals surface area contributed by atoms with Crippen LogP contribution in [-0.4, -0.2) is 6.85 Å². The molecule has 0 saturated heterocycles. The zero-order valence-corrected chi connectivity index (χ0v) is 36.5. The van der Waals surface area contributed by atoms with Gasteiger partial charge in [-0.05, 0) is 146 Å². The number of thiophene rings is 1. The molecule has 2 aliphatic heterocycles. The van der Waals surface area contributed by atoms with E-state index in [0.717, 1.165) is 0 Å². The molecule has 0 fully saturated rings. The summed E-state index contributed by atoms with van der Waals surface area (Å²) in [4.78, 5) is 5.27. The van der Waals surface area contributed by atoms with Crippen molar-refractivity contribution < 1.29 is 0 Å². The van der Waals surface area contributed by atoms with Gasteiger partial charge in [0.15, 0.2) is 0 Å². The van der Waals surface area contributed by atoms with E-state index in [1.54, 1.807) is 0 Å². The molecule has 296 valence electrons. The fraction of sp³-hybridized carbons (Fsp3) is 0.103. The van der Waals surface area contributed by atoms with Crippen LogP contribution in [0.5, 0.6) is 0 Å². The Morgan fingerprint density at radius 3 is 1.95 bits per heavy atom. The van der Waals surface area contributed by atoms with Crippen molar-refractivity contribution in [3.05, 3.63) is 199 Å². The van der Waals surface area contributed by atoms with Gasteiger partial charge in [0, 0.05) is 54.2 Å². The van der Waals surface area contributed by atoms with Gasteiger partial charge in [0.25, 0.3) is 0 Å². The topological polar surface area (TPSA) is 6.48 Å². The summed E-state index contributed by atoms with van der Waals surface area (Å²) in [6.07, 6.45) is 0. The second-order valence-corrected chi connectivity index (χ2v) is 19.3. The van der Waals surface area contributed by atoms with E-state index in [1.165, 1.54) is 120 Å². The highest BCUT2D eigenvalue weighted by molar-refractivity contribution is 7.26. The minimum atomic E-state index is -0.0988. The number of hydrogen-bond acceptors (Lipinski definition) is 3. The van der Waals surface area contributed by atoms with Gasteiger partial charge in [-0.3, -0.25) is 0 Å². The molecule has 10 aromatic rings. The molecule has 0 spiro atoms. The molecule has 12 rings (SSSR count). The first-order valence-electron chi connectivity index (χ1n) is 21.8. The first-order chi connectivity index (χ1) is 30.2. The van der Waals surface area contributed by atoms with Crippen LogP contribution in [-0.2, 0) is 5.41 Å². The van der Waals surface area contributed by atoms with Gasteiger partial charge in [-0.15, -0.1) is 11.3 Å². The van der Waals surface area contributed by atoms with E-state index >= 15 is 0 Å². The Hall–Kier alpha value is -6.88. The highest BCUT2D eigenvalue weighted by Crippen LogP contribution is 2.51. The predicted molar refractivity (Wildman–Crippen MR) is 270 cm³/mol. The summed E-state index contributed by atoms with van der Waals surface area (Å²) in [6.45, 7) is 11.3. The van der Waals surface area contributed by atoms with Crippen molar-refractivity contribution in [3.8, 4) is 33.4 Å². The number of hydrogen-bond donors (Lipinski definition) is 0. The second kappa shape index (κ2) is 13.8. The van der Waals surface area contributed by atoms with Crippen LogP contribution in [0.2, 0.25) is 0 Å². The predicted octanol–water partition coefficient (Wildman–Crippen LogP) is 15.2. The molecule has 0 bridgehead atoms. The van der Waals surface area contributed by atoms with Crippen LogP contribution in [0, 0.1) is 13.8 Å². The lowest BCUT2D eigenvalue weighted by molar-refractivity contribution is 0.590. The van der Waals surface area contributed by atoms with Gasteiger partial charge in [-0.25, -0.2) is 0 Å². The number of nitrogens with zero attached hydrogens (tertiary/aromatic N) is 2. The second-order valence-electron chi connectivity index (χ2n) is 18.3. The minimum Gasteiger partial charge on any atom is -0.376 e. The number of benzene rings is 9. The normalized spacial score (nSPS) is 13.1. The van der Waals surface area contributed by atoms with Gasteiger partial charge in [-0.1, -0.05) is 142 Å². The van der Waals surface area contributed by atoms with Crippen LogP contribution in [0.15, 0.2) is 182 Å². The van der Waals surface area contributed by atoms with Crippen LogP contribution in [0.4, 0.5) is 28.4 Å². The van der Waals surface area contributed by atoms with E-state index in [4.69, 9.17) is 0 Å². The highest BCUT2D eigenvalue weighted by Gasteiger charge is 2.46. The summed E-state index contributed by atoms with van der Waals surface area (Å²) >= 11 is 1.90. The Morgan fingerprint density at radius 1 is 0.452 bits per heavy atom. The zero-order valence-electron chi connectivity index (χ0n) is 35.7. The van der Waals surface area contributed by atoms with Crippen molar-refractivity contribution in [1.29, 1.82) is 0 Å². The number of rotatable bonds is 4. The third-order valence-corrected chi connectivity index (χ3v) is 14.6. The van der Waals surface area contributed by atoms with E-state index in [9.17, 15) is 0 Å². The van der Waals surface area contributed by atoms with Gasteiger partial charge in [0.2, 0.25) is 0 Å². The number of aryl methyl sites for hydroxylation is 2. The van der Waals surface area contributed by atoms with Crippen molar-refractivity contribution in [2.45, 2.75) is 40.0 Å². The molecule has 0 N–H and O–H groups in total. The maximum Gasteiger partial charge on any atom is 0.333 e. The minimum absolute atomic E-state index is 0.0394. The molecule has 4 heteroatoms. The summed E-state index contributed by atoms with van der Waals surface area (Å²) in [5.41, 5.74) is 20.1. The molecule has 62 heavy (non-hydrogen) atoms. The van der Waals surface area contributed by atoms with Crippen molar-refractivity contribution in [2.24, 2.45) is 0 Å². The molecule has 3 heterocycles. The van der Waals surface area contributed by atoms with E-state index in [2.05, 4.69) is 226 Å². The standard InChI is InChI=1S/C58H45BN2S/c1-36-15-9-12-20-45(36)42-31-49-47-30-39-18-10-11-19-40(39)32-52(47)61(44-26-24-43(25-27-44)58(3,4)5)59-50-34-48-46-21-13-14-22-55(46)62-56(48)35-53(50)60(54(33-42)57(49)59)51-28-23-41(29-37(51)2)38-16-7-6-8-17-38/h6-35H,1-5H3. The van der Waals surface area contributed by atoms with E-state index < -0.39 is 0 Å². The molecule has 0 amide bonds. The van der Waals surface area contributed by atoms with E-state index in [1.807, 2.05) is 11.3 Å². The largest absolute Gasteiger partial charge is 0.376 e. The molecule has 9 aromatic carbocycles. The lowest BCUT2D eigenvalue weighted by atomic mass is 9.43. The van der Waals surface area contributed by atoms with Crippen LogP contribution >= 0.6 is 11.3 Å². The Morgan fingerprint density at radius 2 is 1.18 bits per heavy atom. The monoisotopic (exact) mass is 812 g/mol. The lowest BCUT2D eigenvalue weighted by Gasteiger charge is -2.46. The molecular weight excluding hydrogens is 768 g/mol. The SMILES string of the molecule is Cc1ccccc1-c1cc2c3c(c1)N(c1ccc(-c4ccccc4)cc1C)c1cc4sc5ccccc5c4cc1B3N(c1ccc(C(C)(C)C)cc1)c1cc3ccccc3cc1-2. The van der Waals surface area contributed by atoms with Crippen molar-refractivity contribution in [2.75, 3.05) is 9.71 Å². The molecule has 0 saturated carbocycles. The summed E-state index contributed by atoms with van der Waals surface area (Å²) in [7, 11) is 0.